The molecule has 0 aromatic heterocycles. The number of carbonyl (C=O) groups is 1. The van der Waals surface area contributed by atoms with E-state index in [2.05, 4.69) is 20.9 Å². The summed E-state index contributed by atoms with van der Waals surface area (Å²) in [7, 11) is 0. The summed E-state index contributed by atoms with van der Waals surface area (Å²) in [6.07, 6.45) is 3.20. The summed E-state index contributed by atoms with van der Waals surface area (Å²) in [5.74, 6) is -0.696. The van der Waals surface area contributed by atoms with E-state index in [4.69, 9.17) is 17.3 Å². The van der Waals surface area contributed by atoms with E-state index < -0.39 is 11.8 Å². The Balaban J connectivity index is 0.00000324. The third kappa shape index (κ3) is 5.86. The average Bonchev–Trinajstić information content (AvgIpc) is 2.34. The number of amides is 2. The first-order valence-electron chi connectivity index (χ1n) is 5.24. The molecule has 0 bridgehead atoms. The van der Waals surface area contributed by atoms with Gasteiger partial charge in [-0.15, -0.1) is 28.9 Å². The summed E-state index contributed by atoms with van der Waals surface area (Å²) < 4.78 is 0. The van der Waals surface area contributed by atoms with Crippen molar-refractivity contribution in [2.45, 2.75) is 12.7 Å². The zero-order valence-electron chi connectivity index (χ0n) is 10.3. The number of hydrogen-bond donors (Lipinski definition) is 3. The van der Waals surface area contributed by atoms with Crippen molar-refractivity contribution < 1.29 is 4.79 Å². The van der Waals surface area contributed by atoms with Gasteiger partial charge in [0, 0.05) is 30.4 Å². The number of aliphatic imine (C=N–C) groups is 1. The number of halogens is 2. The van der Waals surface area contributed by atoms with Gasteiger partial charge in [0.1, 0.15) is 0 Å². The fourth-order valence-corrected chi connectivity index (χ4v) is 1.32. The van der Waals surface area contributed by atoms with Crippen molar-refractivity contribution in [3.63, 3.8) is 0 Å². The highest BCUT2D eigenvalue weighted by Crippen LogP contribution is 2.03. The maximum Gasteiger partial charge on any atom is 0.340 e. The standard InChI is InChI=1S/C9H15ClN6O2.ClH/c1-9(11)13-5-7(6-14-9)4-12-8(17)16(15-18)3-2-10;/h5-6,13H,2-4,11H2,1H3,(H,12,17);1H. The Morgan fingerprint density at radius 2 is 2.42 bits per heavy atom. The van der Waals surface area contributed by atoms with Gasteiger partial charge in [-0.3, -0.25) is 10.7 Å². The van der Waals surface area contributed by atoms with E-state index in [0.717, 1.165) is 5.57 Å². The average molecular weight is 311 g/mol. The molecule has 1 aliphatic heterocycles. The Kier molecular flexibility index (Phi) is 7.35. The molecule has 108 valence electrons. The molecule has 1 heterocycles. The van der Waals surface area contributed by atoms with Crippen molar-refractivity contribution in [3.05, 3.63) is 16.7 Å². The Morgan fingerprint density at radius 1 is 1.74 bits per heavy atom. The van der Waals surface area contributed by atoms with Crippen LogP contribution in [0.5, 0.6) is 0 Å². The largest absolute Gasteiger partial charge is 0.355 e. The molecule has 0 saturated heterocycles. The lowest BCUT2D eigenvalue weighted by Gasteiger charge is -2.24. The van der Waals surface area contributed by atoms with Crippen LogP contribution in [-0.2, 0) is 0 Å². The van der Waals surface area contributed by atoms with Crippen LogP contribution >= 0.6 is 24.0 Å². The van der Waals surface area contributed by atoms with Gasteiger partial charge in [0.15, 0.2) is 5.79 Å². The normalized spacial score (nSPS) is 20.7. The molecule has 1 atom stereocenters. The zero-order valence-corrected chi connectivity index (χ0v) is 11.9. The number of nitrogens with one attached hydrogen (secondary N) is 2. The van der Waals surface area contributed by atoms with E-state index in [-0.39, 0.29) is 31.4 Å². The topological polar surface area (TPSA) is 112 Å². The highest BCUT2D eigenvalue weighted by atomic mass is 35.5. The Hall–Kier alpha value is -1.38. The summed E-state index contributed by atoms with van der Waals surface area (Å²) >= 11 is 5.42. The second kappa shape index (κ2) is 7.93. The van der Waals surface area contributed by atoms with Gasteiger partial charge in [0.05, 0.1) is 11.8 Å². The molecule has 1 aliphatic rings. The summed E-state index contributed by atoms with van der Waals surface area (Å²) in [4.78, 5) is 25.9. The fraction of sp³-hybridized carbons (Fsp3) is 0.556. The van der Waals surface area contributed by atoms with Crippen LogP contribution in [0, 0.1) is 4.91 Å². The summed E-state index contributed by atoms with van der Waals surface area (Å²) in [6.45, 7) is 1.97. The summed E-state index contributed by atoms with van der Waals surface area (Å²) in [5.41, 5.74) is 6.41. The van der Waals surface area contributed by atoms with Crippen LogP contribution in [0.4, 0.5) is 4.79 Å². The first-order chi connectivity index (χ1) is 8.48. The molecule has 0 aliphatic carbocycles. The Morgan fingerprint density at radius 3 is 2.89 bits per heavy atom. The molecule has 10 heteroatoms. The van der Waals surface area contributed by atoms with Crippen molar-refractivity contribution >= 4 is 36.3 Å². The van der Waals surface area contributed by atoms with E-state index in [1.54, 1.807) is 19.3 Å². The molecule has 2 amide bonds. The predicted octanol–water partition coefficient (Wildman–Crippen LogP) is 0.530. The number of alkyl halides is 1. The molecule has 8 nitrogen and oxygen atoms in total. The lowest BCUT2D eigenvalue weighted by Crippen LogP contribution is -2.49. The van der Waals surface area contributed by atoms with Gasteiger partial charge in [0.25, 0.3) is 0 Å². The number of rotatable bonds is 5. The van der Waals surface area contributed by atoms with Crippen molar-refractivity contribution in [2.75, 3.05) is 19.0 Å². The second-order valence-electron chi connectivity index (χ2n) is 3.82. The molecule has 0 radical (unpaired) electrons. The van der Waals surface area contributed by atoms with Crippen molar-refractivity contribution in [2.24, 2.45) is 16.0 Å². The minimum atomic E-state index is -0.831. The number of nitroso groups, excluding NO2 is 1. The van der Waals surface area contributed by atoms with E-state index in [1.807, 2.05) is 0 Å². The molecule has 0 fully saturated rings. The van der Waals surface area contributed by atoms with Crippen molar-refractivity contribution in [1.29, 1.82) is 0 Å². The number of hydrogen-bond acceptors (Lipinski definition) is 6. The highest BCUT2D eigenvalue weighted by molar-refractivity contribution is 6.18. The molecule has 4 N–H and O–H groups in total. The number of nitrogens with zero attached hydrogens (tertiary/aromatic N) is 3. The monoisotopic (exact) mass is 310 g/mol. The van der Waals surface area contributed by atoms with Crippen LogP contribution in [0.1, 0.15) is 6.92 Å². The number of urea groups is 1. The predicted molar refractivity (Wildman–Crippen MR) is 76.2 cm³/mol. The zero-order chi connectivity index (χ0) is 13.6. The maximum atomic E-state index is 11.5. The molecular weight excluding hydrogens is 295 g/mol. The van der Waals surface area contributed by atoms with Gasteiger partial charge < -0.3 is 10.6 Å². The molecule has 0 aromatic carbocycles. The molecule has 0 aromatic rings. The maximum absolute atomic E-state index is 11.5. The van der Waals surface area contributed by atoms with Gasteiger partial charge in [-0.25, -0.2) is 4.79 Å². The fourth-order valence-electron chi connectivity index (χ4n) is 1.16. The SMILES string of the molecule is CC1(N)N=CC(CNC(=O)N(CCCl)N=O)=CN1.Cl. The summed E-state index contributed by atoms with van der Waals surface area (Å²) in [5, 5.41) is 8.64. The third-order valence-electron chi connectivity index (χ3n) is 2.12. The third-order valence-corrected chi connectivity index (χ3v) is 2.29. The van der Waals surface area contributed by atoms with E-state index in [9.17, 15) is 9.70 Å². The summed E-state index contributed by atoms with van der Waals surface area (Å²) in [6, 6.07) is -0.610. The minimum Gasteiger partial charge on any atom is -0.355 e. The van der Waals surface area contributed by atoms with Crippen LogP contribution in [0.15, 0.2) is 22.1 Å². The Labute approximate surface area is 121 Å². The van der Waals surface area contributed by atoms with Crippen LogP contribution < -0.4 is 16.4 Å². The quantitative estimate of drug-likeness (QED) is 0.390. The van der Waals surface area contributed by atoms with Gasteiger partial charge in [-0.2, -0.15) is 5.01 Å². The number of nitrogens with two attached hydrogens (primary N) is 1. The van der Waals surface area contributed by atoms with Crippen molar-refractivity contribution in [3.8, 4) is 0 Å². The second-order valence-corrected chi connectivity index (χ2v) is 4.20. The molecule has 1 unspecified atom stereocenters. The molecule has 0 saturated carbocycles. The number of carbonyl (C=O) groups excluding carboxylic acids is 1. The lowest BCUT2D eigenvalue weighted by molar-refractivity contribution is 0.203. The first-order valence-corrected chi connectivity index (χ1v) is 5.77. The van der Waals surface area contributed by atoms with Crippen LogP contribution in [0.2, 0.25) is 0 Å². The van der Waals surface area contributed by atoms with Crippen LogP contribution in [0.3, 0.4) is 0 Å². The van der Waals surface area contributed by atoms with E-state index >= 15 is 0 Å². The van der Waals surface area contributed by atoms with Crippen LogP contribution in [-0.4, -0.2) is 42.0 Å². The van der Waals surface area contributed by atoms with Gasteiger partial charge >= 0.3 is 6.03 Å². The molecular formula is C9H16Cl2N6O2. The highest BCUT2D eigenvalue weighted by Gasteiger charge is 2.18. The van der Waals surface area contributed by atoms with Gasteiger partial charge in [0.2, 0.25) is 0 Å². The van der Waals surface area contributed by atoms with Gasteiger partial charge in [-0.05, 0) is 6.92 Å². The van der Waals surface area contributed by atoms with Crippen LogP contribution in [0.25, 0.3) is 0 Å². The van der Waals surface area contributed by atoms with E-state index in [0.29, 0.717) is 5.01 Å². The molecule has 1 rings (SSSR count). The molecule has 0 spiro atoms. The van der Waals surface area contributed by atoms with Crippen molar-refractivity contribution in [1.82, 2.24) is 15.6 Å². The minimum absolute atomic E-state index is 0. The first kappa shape index (κ1) is 17.6. The Bertz CT molecular complexity index is 385. The van der Waals surface area contributed by atoms with E-state index in [1.165, 1.54) is 0 Å². The van der Waals surface area contributed by atoms with Gasteiger partial charge in [-0.1, -0.05) is 0 Å². The smallest absolute Gasteiger partial charge is 0.340 e. The lowest BCUT2D eigenvalue weighted by atomic mass is 10.2. The molecule has 19 heavy (non-hydrogen) atoms.